The fourth-order valence-corrected chi connectivity index (χ4v) is 4.98. The number of hydrogen-bond donors (Lipinski definition) is 2. The molecule has 0 saturated heterocycles. The standard InChI is InChI=1S/C19H14ClF3N2O2S2/c1-28-17-11(9-24)14(10-5-2-3-6-12(10)20)15(16(26)13-7-4-8-29-13)18(27,25-17)19(21,22)23/h2-8,14-15,25,27H,1H3/t14-,15-,18-/m1/s1. The van der Waals surface area contributed by atoms with Crippen molar-refractivity contribution in [2.75, 3.05) is 6.26 Å². The number of hydrogen-bond acceptors (Lipinski definition) is 6. The van der Waals surface area contributed by atoms with Crippen LogP contribution in [0.15, 0.2) is 52.4 Å². The van der Waals surface area contributed by atoms with Crippen molar-refractivity contribution < 1.29 is 23.1 Å². The molecule has 1 aromatic heterocycles. The zero-order valence-electron chi connectivity index (χ0n) is 14.8. The van der Waals surface area contributed by atoms with Crippen LogP contribution in [0, 0.1) is 17.2 Å². The van der Waals surface area contributed by atoms with Crippen LogP contribution in [0.25, 0.3) is 0 Å². The minimum absolute atomic E-state index is 0.0430. The summed E-state index contributed by atoms with van der Waals surface area (Å²) < 4.78 is 42.3. The molecule has 1 aliphatic heterocycles. The summed E-state index contributed by atoms with van der Waals surface area (Å²) >= 11 is 8.05. The Morgan fingerprint density at radius 2 is 2.03 bits per heavy atom. The first-order valence-corrected chi connectivity index (χ1v) is 10.7. The van der Waals surface area contributed by atoms with E-state index in [0.29, 0.717) is 0 Å². The van der Waals surface area contributed by atoms with Crippen molar-refractivity contribution in [3.8, 4) is 6.07 Å². The van der Waals surface area contributed by atoms with Crippen LogP contribution in [0.1, 0.15) is 21.2 Å². The van der Waals surface area contributed by atoms with Gasteiger partial charge in [0.25, 0.3) is 0 Å². The van der Waals surface area contributed by atoms with Crippen LogP contribution in [-0.2, 0) is 0 Å². The molecule has 0 fully saturated rings. The summed E-state index contributed by atoms with van der Waals surface area (Å²) in [5, 5.41) is 24.1. The maximum absolute atomic E-state index is 14.1. The van der Waals surface area contributed by atoms with E-state index in [1.807, 2.05) is 11.4 Å². The smallest absolute Gasteiger partial charge is 0.363 e. The van der Waals surface area contributed by atoms with Crippen LogP contribution in [-0.4, -0.2) is 29.0 Å². The molecule has 0 unspecified atom stereocenters. The predicted molar refractivity (Wildman–Crippen MR) is 107 cm³/mol. The van der Waals surface area contributed by atoms with Gasteiger partial charge in [0.2, 0.25) is 5.72 Å². The normalized spacial score (nSPS) is 24.7. The summed E-state index contributed by atoms with van der Waals surface area (Å²) in [6.45, 7) is 0. The van der Waals surface area contributed by atoms with Crippen molar-refractivity contribution in [3.63, 3.8) is 0 Å². The van der Waals surface area contributed by atoms with Gasteiger partial charge in [0.15, 0.2) is 5.78 Å². The number of nitrogens with zero attached hydrogens (tertiary/aromatic N) is 1. The number of nitriles is 1. The van der Waals surface area contributed by atoms with Crippen LogP contribution in [0.4, 0.5) is 13.2 Å². The highest BCUT2D eigenvalue weighted by atomic mass is 35.5. The number of thioether (sulfide) groups is 1. The molecule has 3 rings (SSSR count). The molecule has 0 spiro atoms. The molecular weight excluding hydrogens is 445 g/mol. The average molecular weight is 459 g/mol. The van der Waals surface area contributed by atoms with E-state index in [1.54, 1.807) is 17.5 Å². The van der Waals surface area contributed by atoms with E-state index in [4.69, 9.17) is 11.6 Å². The van der Waals surface area contributed by atoms with E-state index >= 15 is 0 Å². The minimum atomic E-state index is -5.20. The molecule has 2 heterocycles. The summed E-state index contributed by atoms with van der Waals surface area (Å²) in [6.07, 6.45) is -3.73. The van der Waals surface area contributed by atoms with Crippen LogP contribution < -0.4 is 5.32 Å². The minimum Gasteiger partial charge on any atom is -0.363 e. The van der Waals surface area contributed by atoms with E-state index in [9.17, 15) is 28.3 Å². The number of carbonyl (C=O) groups is 1. The van der Waals surface area contributed by atoms with Gasteiger partial charge in [-0.25, -0.2) is 0 Å². The molecule has 0 aliphatic carbocycles. The van der Waals surface area contributed by atoms with Gasteiger partial charge in [-0.2, -0.15) is 18.4 Å². The number of allylic oxidation sites excluding steroid dienone is 1. The quantitative estimate of drug-likeness (QED) is 0.635. The Labute approximate surface area is 178 Å². The lowest BCUT2D eigenvalue weighted by Crippen LogP contribution is -2.66. The van der Waals surface area contributed by atoms with Crippen LogP contribution in [0.5, 0.6) is 0 Å². The Bertz CT molecular complexity index is 1000. The Morgan fingerprint density at radius 3 is 2.55 bits per heavy atom. The molecule has 152 valence electrons. The molecule has 2 aromatic rings. The molecular formula is C19H14ClF3N2O2S2. The number of thiophene rings is 1. The topological polar surface area (TPSA) is 73.1 Å². The van der Waals surface area contributed by atoms with Gasteiger partial charge >= 0.3 is 6.18 Å². The highest BCUT2D eigenvalue weighted by Crippen LogP contribution is 2.52. The number of aliphatic hydroxyl groups is 1. The maximum atomic E-state index is 14.1. The van der Waals surface area contributed by atoms with Crippen molar-refractivity contribution in [1.29, 1.82) is 5.26 Å². The van der Waals surface area contributed by atoms with Gasteiger partial charge in [0.05, 0.1) is 27.5 Å². The third kappa shape index (κ3) is 3.66. The molecule has 3 atom stereocenters. The third-order valence-corrected chi connectivity index (χ3v) is 6.65. The van der Waals surface area contributed by atoms with Crippen molar-refractivity contribution in [2.24, 2.45) is 5.92 Å². The number of carbonyl (C=O) groups excluding carboxylic acids is 1. The highest BCUT2D eigenvalue weighted by molar-refractivity contribution is 8.02. The summed E-state index contributed by atoms with van der Waals surface area (Å²) in [5.74, 6) is -4.37. The van der Waals surface area contributed by atoms with Gasteiger partial charge in [0.1, 0.15) is 0 Å². The van der Waals surface area contributed by atoms with Crippen LogP contribution >= 0.6 is 34.7 Å². The molecule has 0 saturated carbocycles. The fraction of sp³-hybridized carbons (Fsp3) is 0.263. The van der Waals surface area contributed by atoms with Crippen molar-refractivity contribution in [3.05, 3.63) is 67.8 Å². The van der Waals surface area contributed by atoms with E-state index in [-0.39, 0.29) is 26.1 Å². The Kier molecular flexibility index (Phi) is 6.01. The molecule has 4 nitrogen and oxygen atoms in total. The van der Waals surface area contributed by atoms with Gasteiger partial charge in [-0.05, 0) is 29.3 Å². The third-order valence-electron chi connectivity index (χ3n) is 4.69. The van der Waals surface area contributed by atoms with Crippen LogP contribution in [0.2, 0.25) is 5.02 Å². The Hall–Kier alpha value is -1.99. The lowest BCUT2D eigenvalue weighted by molar-refractivity contribution is -0.285. The van der Waals surface area contributed by atoms with Gasteiger partial charge in [-0.3, -0.25) is 4.79 Å². The number of Topliss-reactive ketones (excluding diaryl/α,β-unsaturated/α-hetero) is 1. The Morgan fingerprint density at radius 1 is 1.34 bits per heavy atom. The van der Waals surface area contributed by atoms with Crippen LogP contribution in [0.3, 0.4) is 0 Å². The highest BCUT2D eigenvalue weighted by Gasteiger charge is 2.66. The second-order valence-corrected chi connectivity index (χ2v) is 8.44. The van der Waals surface area contributed by atoms with E-state index < -0.39 is 29.5 Å². The van der Waals surface area contributed by atoms with E-state index in [1.165, 1.54) is 30.5 Å². The number of rotatable bonds is 4. The van der Waals surface area contributed by atoms with Gasteiger partial charge < -0.3 is 10.4 Å². The Balaban J connectivity index is 2.35. The average Bonchev–Trinajstić information content (AvgIpc) is 3.21. The molecule has 0 amide bonds. The summed E-state index contributed by atoms with van der Waals surface area (Å²) in [7, 11) is 0. The second-order valence-electron chi connectivity index (χ2n) is 6.27. The second kappa shape index (κ2) is 8.03. The zero-order valence-corrected chi connectivity index (χ0v) is 17.2. The summed E-state index contributed by atoms with van der Waals surface area (Å²) in [5.41, 5.74) is -3.51. The monoisotopic (exact) mass is 458 g/mol. The van der Waals surface area contributed by atoms with Gasteiger partial charge in [-0.15, -0.1) is 23.1 Å². The number of halogens is 4. The number of alkyl halides is 3. The molecule has 2 N–H and O–H groups in total. The van der Waals surface area contributed by atoms with Crippen molar-refractivity contribution in [1.82, 2.24) is 5.32 Å². The largest absolute Gasteiger partial charge is 0.437 e. The van der Waals surface area contributed by atoms with E-state index in [2.05, 4.69) is 0 Å². The molecule has 10 heteroatoms. The number of benzene rings is 1. The van der Waals surface area contributed by atoms with Gasteiger partial charge in [0, 0.05) is 10.9 Å². The number of ketones is 1. The summed E-state index contributed by atoms with van der Waals surface area (Å²) in [4.78, 5) is 13.2. The van der Waals surface area contributed by atoms with Crippen molar-refractivity contribution in [2.45, 2.75) is 17.8 Å². The lowest BCUT2D eigenvalue weighted by Gasteiger charge is -2.45. The first kappa shape index (κ1) is 21.7. The first-order chi connectivity index (χ1) is 13.7. The number of nitrogens with one attached hydrogen (secondary N) is 1. The molecule has 0 bridgehead atoms. The maximum Gasteiger partial charge on any atom is 0.437 e. The SMILES string of the molecule is CSC1=C(C#N)[C@@H](c2ccccc2Cl)[C@H](C(=O)c2cccs2)[C@@](O)(C(F)(F)F)N1. The zero-order chi connectivity index (χ0) is 21.4. The molecule has 1 aliphatic rings. The molecule has 0 radical (unpaired) electrons. The van der Waals surface area contributed by atoms with Crippen molar-refractivity contribution >= 4 is 40.5 Å². The predicted octanol–water partition coefficient (Wildman–Crippen LogP) is 4.94. The first-order valence-electron chi connectivity index (χ1n) is 8.23. The fourth-order valence-electron chi connectivity index (χ4n) is 3.37. The van der Waals surface area contributed by atoms with Gasteiger partial charge in [-0.1, -0.05) is 35.9 Å². The van der Waals surface area contributed by atoms with E-state index in [0.717, 1.165) is 23.1 Å². The molecule has 29 heavy (non-hydrogen) atoms. The lowest BCUT2D eigenvalue weighted by atomic mass is 9.70. The summed E-state index contributed by atoms with van der Waals surface area (Å²) in [6, 6.07) is 10.9. The molecule has 1 aromatic carbocycles.